The molecule has 2 aromatic carbocycles. The van der Waals surface area contributed by atoms with Crippen LogP contribution in [0.25, 0.3) is 0 Å². The Morgan fingerprint density at radius 1 is 0.750 bits per heavy atom. The van der Waals surface area contributed by atoms with E-state index < -0.39 is 0 Å². The summed E-state index contributed by atoms with van der Waals surface area (Å²) in [5, 5.41) is 44.4. The third kappa shape index (κ3) is 3.88. The van der Waals surface area contributed by atoms with E-state index in [1.807, 2.05) is 6.07 Å². The lowest BCUT2D eigenvalue weighted by molar-refractivity contribution is 0.0957. The van der Waals surface area contributed by atoms with Crippen molar-refractivity contribution in [2.75, 3.05) is 19.6 Å². The Balaban J connectivity index is 1.40. The Hall–Kier alpha value is -2.44. The summed E-state index contributed by atoms with van der Waals surface area (Å²) in [6.07, 6.45) is 3.73. The monoisotopic (exact) mass is 383 g/mol. The molecule has 0 saturated carbocycles. The van der Waals surface area contributed by atoms with Gasteiger partial charge in [0.1, 0.15) is 23.0 Å². The second-order valence-corrected chi connectivity index (χ2v) is 7.90. The first kappa shape index (κ1) is 18.9. The highest BCUT2D eigenvalue weighted by atomic mass is 16.3. The molecule has 4 N–H and O–H groups in total. The first-order valence-corrected chi connectivity index (χ1v) is 9.95. The molecule has 2 heterocycles. The Bertz CT molecular complexity index is 833. The van der Waals surface area contributed by atoms with E-state index in [4.69, 9.17) is 5.32 Å². The number of nitrogens with zero attached hydrogens (tertiary/aromatic N) is 2. The lowest BCUT2D eigenvalue weighted by Gasteiger charge is -2.41. The smallest absolute Gasteiger partial charge is 0.122 e. The van der Waals surface area contributed by atoms with Gasteiger partial charge in [0.05, 0.1) is 6.17 Å². The molecule has 149 valence electrons. The van der Waals surface area contributed by atoms with Crippen LogP contribution in [-0.4, -0.2) is 51.1 Å². The third-order valence-electron chi connectivity index (χ3n) is 6.17. The van der Waals surface area contributed by atoms with E-state index in [2.05, 4.69) is 4.90 Å². The van der Waals surface area contributed by atoms with Crippen molar-refractivity contribution in [1.29, 1.82) is 0 Å². The summed E-state index contributed by atoms with van der Waals surface area (Å²) in [7, 11) is 0. The molecular formula is C22H27N2O4. The highest BCUT2D eigenvalue weighted by Gasteiger charge is 2.32. The van der Waals surface area contributed by atoms with Crippen LogP contribution in [0.2, 0.25) is 0 Å². The third-order valence-corrected chi connectivity index (χ3v) is 6.17. The number of hydrogen-bond acceptors (Lipinski definition) is 5. The van der Waals surface area contributed by atoms with Gasteiger partial charge in [-0.25, -0.2) is 5.32 Å². The van der Waals surface area contributed by atoms with E-state index in [0.29, 0.717) is 0 Å². The fourth-order valence-corrected chi connectivity index (χ4v) is 4.63. The summed E-state index contributed by atoms with van der Waals surface area (Å²) in [5.74, 6) is 1.15. The zero-order valence-electron chi connectivity index (χ0n) is 15.8. The van der Waals surface area contributed by atoms with E-state index in [1.165, 1.54) is 12.1 Å². The average molecular weight is 383 g/mol. The molecule has 0 bridgehead atoms. The summed E-state index contributed by atoms with van der Waals surface area (Å²) in [5.41, 5.74) is 1.71. The Kier molecular flexibility index (Phi) is 5.33. The van der Waals surface area contributed by atoms with Crippen LogP contribution in [0.15, 0.2) is 36.4 Å². The van der Waals surface area contributed by atoms with Crippen molar-refractivity contribution >= 4 is 0 Å². The molecule has 6 heteroatoms. The molecule has 1 radical (unpaired) electrons. The van der Waals surface area contributed by atoms with Crippen LogP contribution >= 0.6 is 0 Å². The highest BCUT2D eigenvalue weighted by Crippen LogP contribution is 2.39. The van der Waals surface area contributed by atoms with Gasteiger partial charge >= 0.3 is 0 Å². The fraction of sp³-hybridized carbons (Fsp3) is 0.455. The lowest BCUT2D eigenvalue weighted by atomic mass is 9.85. The van der Waals surface area contributed by atoms with Crippen LogP contribution in [-0.2, 0) is 0 Å². The SMILES string of the molecule is Oc1ccc(C2CC[N]C(N3CCC(c4cc(O)ccc4O)CC3)C2)c(O)c1. The minimum Gasteiger partial charge on any atom is -0.508 e. The molecule has 0 aliphatic carbocycles. The van der Waals surface area contributed by atoms with Gasteiger partial charge in [-0.1, -0.05) is 6.07 Å². The fourth-order valence-electron chi connectivity index (χ4n) is 4.63. The predicted octanol–water partition coefficient (Wildman–Crippen LogP) is 3.20. The number of rotatable bonds is 3. The molecular weight excluding hydrogens is 356 g/mol. The number of aromatic hydroxyl groups is 4. The topological polar surface area (TPSA) is 98.3 Å². The second-order valence-electron chi connectivity index (χ2n) is 7.90. The number of likely N-dealkylation sites (tertiary alicyclic amines) is 1. The van der Waals surface area contributed by atoms with Gasteiger partial charge in [-0.2, -0.15) is 0 Å². The first-order chi connectivity index (χ1) is 13.5. The van der Waals surface area contributed by atoms with Crippen molar-refractivity contribution in [3.05, 3.63) is 47.5 Å². The van der Waals surface area contributed by atoms with Crippen molar-refractivity contribution in [2.24, 2.45) is 0 Å². The molecule has 2 aliphatic rings. The minimum atomic E-state index is 0.0792. The average Bonchev–Trinajstić information content (AvgIpc) is 2.70. The number of hydrogen-bond donors (Lipinski definition) is 4. The summed E-state index contributed by atoms with van der Waals surface area (Å²) in [4.78, 5) is 2.39. The van der Waals surface area contributed by atoms with Crippen LogP contribution in [0.3, 0.4) is 0 Å². The molecule has 28 heavy (non-hydrogen) atoms. The molecule has 0 amide bonds. The summed E-state index contributed by atoms with van der Waals surface area (Å²) in [6, 6.07) is 9.58. The van der Waals surface area contributed by atoms with Gasteiger partial charge in [0.15, 0.2) is 0 Å². The maximum atomic E-state index is 10.2. The minimum absolute atomic E-state index is 0.0792. The van der Waals surface area contributed by atoms with Crippen LogP contribution in [0.1, 0.15) is 48.6 Å². The quantitative estimate of drug-likeness (QED) is 0.610. The van der Waals surface area contributed by atoms with Gasteiger partial charge in [0, 0.05) is 31.3 Å². The van der Waals surface area contributed by atoms with Crippen LogP contribution in [0.5, 0.6) is 23.0 Å². The number of piperidine rings is 2. The summed E-state index contributed by atoms with van der Waals surface area (Å²) >= 11 is 0. The zero-order valence-corrected chi connectivity index (χ0v) is 15.8. The Morgan fingerprint density at radius 2 is 1.46 bits per heavy atom. The molecule has 2 unspecified atom stereocenters. The van der Waals surface area contributed by atoms with E-state index in [9.17, 15) is 20.4 Å². The molecule has 2 atom stereocenters. The molecule has 0 spiro atoms. The van der Waals surface area contributed by atoms with Gasteiger partial charge in [0.2, 0.25) is 0 Å². The maximum Gasteiger partial charge on any atom is 0.122 e. The van der Waals surface area contributed by atoms with Crippen molar-refractivity contribution in [3.8, 4) is 23.0 Å². The van der Waals surface area contributed by atoms with Gasteiger partial charge < -0.3 is 20.4 Å². The molecule has 6 nitrogen and oxygen atoms in total. The van der Waals surface area contributed by atoms with Crippen molar-refractivity contribution in [2.45, 2.75) is 43.7 Å². The molecule has 2 fully saturated rings. The number of phenols is 4. The van der Waals surface area contributed by atoms with Crippen molar-refractivity contribution in [3.63, 3.8) is 0 Å². The van der Waals surface area contributed by atoms with E-state index in [-0.39, 0.29) is 41.0 Å². The Labute approximate surface area is 165 Å². The van der Waals surface area contributed by atoms with Crippen molar-refractivity contribution < 1.29 is 20.4 Å². The molecule has 0 aromatic heterocycles. The maximum absolute atomic E-state index is 10.2. The van der Waals surface area contributed by atoms with Gasteiger partial charge in [0.25, 0.3) is 0 Å². The molecule has 4 rings (SSSR count). The van der Waals surface area contributed by atoms with E-state index >= 15 is 0 Å². The predicted molar refractivity (Wildman–Crippen MR) is 106 cm³/mol. The van der Waals surface area contributed by atoms with Crippen LogP contribution < -0.4 is 5.32 Å². The Morgan fingerprint density at radius 3 is 2.21 bits per heavy atom. The standard InChI is InChI=1S/C22H27N2O4/c25-16-2-4-20(27)19(12-16)14-6-9-24(10-7-14)22-11-15(5-8-23-22)18-3-1-17(26)13-21(18)28/h1-4,12-15,22,25-28H,5-11H2. The van der Waals surface area contributed by atoms with Gasteiger partial charge in [-0.3, -0.25) is 4.90 Å². The molecule has 2 aliphatic heterocycles. The summed E-state index contributed by atoms with van der Waals surface area (Å²) in [6.45, 7) is 2.55. The number of phenolic OH excluding ortho intramolecular Hbond substituents is 4. The van der Waals surface area contributed by atoms with Crippen molar-refractivity contribution in [1.82, 2.24) is 10.2 Å². The first-order valence-electron chi connectivity index (χ1n) is 9.95. The largest absolute Gasteiger partial charge is 0.508 e. The number of benzene rings is 2. The van der Waals surface area contributed by atoms with Crippen LogP contribution in [0, 0.1) is 0 Å². The van der Waals surface area contributed by atoms with Gasteiger partial charge in [-0.05, 0) is 67.3 Å². The normalized spacial score (nSPS) is 24.3. The van der Waals surface area contributed by atoms with E-state index in [1.54, 1.807) is 18.2 Å². The van der Waals surface area contributed by atoms with E-state index in [0.717, 1.165) is 56.4 Å². The molecule has 2 aromatic rings. The van der Waals surface area contributed by atoms with Gasteiger partial charge in [-0.15, -0.1) is 0 Å². The second kappa shape index (κ2) is 7.89. The zero-order chi connectivity index (χ0) is 19.7. The lowest BCUT2D eigenvalue weighted by Crippen LogP contribution is -2.49. The highest BCUT2D eigenvalue weighted by molar-refractivity contribution is 5.42. The summed E-state index contributed by atoms with van der Waals surface area (Å²) < 4.78 is 0. The molecule has 2 saturated heterocycles. The van der Waals surface area contributed by atoms with Crippen LogP contribution in [0.4, 0.5) is 0 Å².